The topological polar surface area (TPSA) is 96.0 Å². The molecule has 12 heteroatoms. The van der Waals surface area contributed by atoms with Gasteiger partial charge in [0.2, 0.25) is 11.8 Å². The molecule has 1 N–H and O–H groups in total. The van der Waals surface area contributed by atoms with Crippen molar-refractivity contribution in [2.24, 2.45) is 5.92 Å². The fourth-order valence-corrected chi connectivity index (χ4v) is 5.96. The third kappa shape index (κ3) is 8.29. The molecule has 3 rings (SSSR count). The van der Waals surface area contributed by atoms with E-state index in [-0.39, 0.29) is 23.0 Å². The van der Waals surface area contributed by atoms with Crippen LogP contribution < -0.4 is 14.4 Å². The largest absolute Gasteiger partial charge is 0.497 e. The molecule has 1 atom stereocenters. The number of hydrogen-bond acceptors (Lipinski definition) is 5. The van der Waals surface area contributed by atoms with Gasteiger partial charge in [0, 0.05) is 33.7 Å². The summed E-state index contributed by atoms with van der Waals surface area (Å²) in [6, 6.07) is 15.8. The highest BCUT2D eigenvalue weighted by atomic mass is 35.5. The SMILES string of the molecule is COc1ccc(S(=O)(=O)N(CC(=O)N(Cc2c(Cl)cccc2Cl)[C@@H](C)C(=O)NCC(C)C)c2ccc(Cl)cc2)cc1. The maximum absolute atomic E-state index is 14.0. The van der Waals surface area contributed by atoms with Crippen molar-refractivity contribution in [3.05, 3.63) is 87.4 Å². The molecule has 2 amide bonds. The van der Waals surface area contributed by atoms with E-state index in [9.17, 15) is 18.0 Å². The van der Waals surface area contributed by atoms with Crippen LogP contribution in [0.3, 0.4) is 0 Å². The molecule has 220 valence electrons. The number of halogens is 3. The number of nitrogens with zero attached hydrogens (tertiary/aromatic N) is 2. The van der Waals surface area contributed by atoms with E-state index in [1.165, 1.54) is 60.5 Å². The predicted octanol–water partition coefficient (Wildman–Crippen LogP) is 6.04. The fraction of sp³-hybridized carbons (Fsp3) is 0.310. The fourth-order valence-electron chi connectivity index (χ4n) is 3.90. The van der Waals surface area contributed by atoms with Crippen molar-refractivity contribution in [3.63, 3.8) is 0 Å². The number of carbonyl (C=O) groups is 2. The van der Waals surface area contributed by atoms with E-state index >= 15 is 0 Å². The van der Waals surface area contributed by atoms with Crippen LogP contribution in [0.25, 0.3) is 0 Å². The maximum atomic E-state index is 14.0. The number of rotatable bonds is 12. The summed E-state index contributed by atoms with van der Waals surface area (Å²) in [5.41, 5.74) is 0.648. The maximum Gasteiger partial charge on any atom is 0.264 e. The lowest BCUT2D eigenvalue weighted by Gasteiger charge is -2.32. The standard InChI is InChI=1S/C29H32Cl3N3O5S/c1-19(2)16-33-29(37)20(3)34(17-25-26(31)6-5-7-27(25)32)28(36)18-35(22-10-8-21(30)9-11-22)41(38,39)24-14-12-23(40-4)13-15-24/h5-15,19-20H,16-18H2,1-4H3,(H,33,37)/t20-/m0/s1. The van der Waals surface area contributed by atoms with Gasteiger partial charge in [-0.25, -0.2) is 8.42 Å². The Bertz CT molecular complexity index is 1450. The zero-order chi connectivity index (χ0) is 30.3. The molecule has 0 spiro atoms. The Morgan fingerprint density at radius 3 is 2.02 bits per heavy atom. The summed E-state index contributed by atoms with van der Waals surface area (Å²) in [5, 5.41) is 3.85. The molecule has 0 aromatic heterocycles. The second-order valence-corrected chi connectivity index (χ2v) is 12.8. The summed E-state index contributed by atoms with van der Waals surface area (Å²) in [4.78, 5) is 28.3. The molecule has 0 saturated heterocycles. The summed E-state index contributed by atoms with van der Waals surface area (Å²) in [5.74, 6) is -0.378. The van der Waals surface area contributed by atoms with Crippen LogP contribution in [0.5, 0.6) is 5.75 Å². The zero-order valence-corrected chi connectivity index (χ0v) is 26.2. The lowest BCUT2D eigenvalue weighted by molar-refractivity contribution is -0.139. The highest BCUT2D eigenvalue weighted by molar-refractivity contribution is 7.92. The van der Waals surface area contributed by atoms with Gasteiger partial charge in [-0.15, -0.1) is 0 Å². The van der Waals surface area contributed by atoms with Crippen LogP contribution in [-0.2, 0) is 26.2 Å². The number of anilines is 1. The molecule has 0 heterocycles. The van der Waals surface area contributed by atoms with Crippen LogP contribution in [0, 0.1) is 5.92 Å². The number of nitrogens with one attached hydrogen (secondary N) is 1. The molecule has 3 aromatic carbocycles. The van der Waals surface area contributed by atoms with E-state index in [0.717, 1.165) is 4.31 Å². The first-order valence-corrected chi connectivity index (χ1v) is 15.3. The number of benzene rings is 3. The summed E-state index contributed by atoms with van der Waals surface area (Å²) < 4.78 is 33.9. The van der Waals surface area contributed by atoms with Crippen LogP contribution in [0.2, 0.25) is 15.1 Å². The average molecular weight is 641 g/mol. The highest BCUT2D eigenvalue weighted by Gasteiger charge is 2.33. The second kappa shape index (κ2) is 14.3. The molecule has 0 aliphatic rings. The van der Waals surface area contributed by atoms with Gasteiger partial charge < -0.3 is 15.0 Å². The lowest BCUT2D eigenvalue weighted by Crippen LogP contribution is -2.51. The number of carbonyl (C=O) groups excluding carboxylic acids is 2. The number of methoxy groups -OCH3 is 1. The molecule has 0 radical (unpaired) electrons. The van der Waals surface area contributed by atoms with Gasteiger partial charge in [-0.1, -0.05) is 54.7 Å². The normalized spacial score (nSPS) is 12.1. The van der Waals surface area contributed by atoms with Crippen molar-refractivity contribution in [3.8, 4) is 5.75 Å². The first-order valence-electron chi connectivity index (χ1n) is 12.8. The van der Waals surface area contributed by atoms with E-state index in [2.05, 4.69) is 5.32 Å². The Kier molecular flexibility index (Phi) is 11.3. The molecule has 0 fully saturated rings. The van der Waals surface area contributed by atoms with Gasteiger partial charge in [0.05, 0.1) is 17.7 Å². The van der Waals surface area contributed by atoms with Crippen molar-refractivity contribution in [2.45, 2.75) is 38.3 Å². The minimum absolute atomic E-state index is 0.0514. The quantitative estimate of drug-likeness (QED) is 0.261. The van der Waals surface area contributed by atoms with Crippen LogP contribution in [0.1, 0.15) is 26.3 Å². The van der Waals surface area contributed by atoms with Gasteiger partial charge in [-0.05, 0) is 73.5 Å². The monoisotopic (exact) mass is 639 g/mol. The van der Waals surface area contributed by atoms with Crippen LogP contribution in [0.15, 0.2) is 71.6 Å². The Balaban J connectivity index is 2.05. The van der Waals surface area contributed by atoms with E-state index < -0.39 is 34.4 Å². The molecule has 0 saturated carbocycles. The molecule has 0 unspecified atom stereocenters. The smallest absolute Gasteiger partial charge is 0.264 e. The number of sulfonamides is 1. The van der Waals surface area contributed by atoms with Crippen LogP contribution in [0.4, 0.5) is 5.69 Å². The van der Waals surface area contributed by atoms with Gasteiger partial charge in [-0.3, -0.25) is 13.9 Å². The second-order valence-electron chi connectivity index (χ2n) is 9.70. The predicted molar refractivity (Wildman–Crippen MR) is 163 cm³/mol. The van der Waals surface area contributed by atoms with E-state index in [1.54, 1.807) is 25.1 Å². The van der Waals surface area contributed by atoms with Gasteiger partial charge in [0.15, 0.2) is 0 Å². The summed E-state index contributed by atoms with van der Waals surface area (Å²) in [6.45, 7) is 5.14. The Labute approximate surface area is 256 Å². The Morgan fingerprint density at radius 2 is 1.49 bits per heavy atom. The minimum Gasteiger partial charge on any atom is -0.497 e. The highest BCUT2D eigenvalue weighted by Crippen LogP contribution is 2.29. The first kappa shape index (κ1) is 32.5. The molecule has 8 nitrogen and oxygen atoms in total. The lowest BCUT2D eigenvalue weighted by atomic mass is 10.1. The molecular formula is C29H32Cl3N3O5S. The third-order valence-electron chi connectivity index (χ3n) is 6.28. The zero-order valence-electron chi connectivity index (χ0n) is 23.1. The first-order chi connectivity index (χ1) is 19.3. The molecule has 3 aromatic rings. The van der Waals surface area contributed by atoms with E-state index in [1.807, 2.05) is 13.8 Å². The molecule has 0 aliphatic heterocycles. The van der Waals surface area contributed by atoms with E-state index in [0.29, 0.717) is 32.9 Å². The van der Waals surface area contributed by atoms with Crippen LogP contribution in [-0.4, -0.2) is 51.4 Å². The minimum atomic E-state index is -4.24. The third-order valence-corrected chi connectivity index (χ3v) is 9.03. The Hall–Kier alpha value is -2.98. The molecule has 0 bridgehead atoms. The van der Waals surface area contributed by atoms with Crippen molar-refractivity contribution in [1.82, 2.24) is 10.2 Å². The van der Waals surface area contributed by atoms with Gasteiger partial charge in [0.1, 0.15) is 18.3 Å². The van der Waals surface area contributed by atoms with Crippen LogP contribution >= 0.6 is 34.8 Å². The number of hydrogen-bond donors (Lipinski definition) is 1. The average Bonchev–Trinajstić information content (AvgIpc) is 2.94. The van der Waals surface area contributed by atoms with E-state index in [4.69, 9.17) is 39.5 Å². The summed E-state index contributed by atoms with van der Waals surface area (Å²) in [7, 11) is -2.77. The molecular weight excluding hydrogens is 609 g/mol. The van der Waals surface area contributed by atoms with Crippen molar-refractivity contribution < 1.29 is 22.7 Å². The number of ether oxygens (including phenoxy) is 1. The summed E-state index contributed by atoms with van der Waals surface area (Å²) >= 11 is 18.9. The van der Waals surface area contributed by atoms with Gasteiger partial charge in [0.25, 0.3) is 10.0 Å². The molecule has 41 heavy (non-hydrogen) atoms. The van der Waals surface area contributed by atoms with Gasteiger partial charge >= 0.3 is 0 Å². The van der Waals surface area contributed by atoms with Crippen molar-refractivity contribution >= 4 is 62.3 Å². The van der Waals surface area contributed by atoms with Gasteiger partial charge in [-0.2, -0.15) is 0 Å². The summed E-state index contributed by atoms with van der Waals surface area (Å²) in [6.07, 6.45) is 0. The molecule has 0 aliphatic carbocycles. The Morgan fingerprint density at radius 1 is 0.902 bits per heavy atom. The van der Waals surface area contributed by atoms with Crippen molar-refractivity contribution in [1.29, 1.82) is 0 Å². The number of amides is 2. The van der Waals surface area contributed by atoms with Crippen molar-refractivity contribution in [2.75, 3.05) is 24.5 Å².